The summed E-state index contributed by atoms with van der Waals surface area (Å²) in [7, 11) is -2.57. The van der Waals surface area contributed by atoms with Crippen LogP contribution in [0.25, 0.3) is 0 Å². The van der Waals surface area contributed by atoms with E-state index in [0.29, 0.717) is 0 Å². The number of methoxy groups -OCH3 is 1. The number of amides is 1. The number of carbonyl (C=O) groups is 1. The fourth-order valence-electron chi connectivity index (χ4n) is 2.34. The molecule has 2 rings (SSSR count). The molecule has 0 bridgehead atoms. The molecule has 0 aliphatic carbocycles. The van der Waals surface area contributed by atoms with E-state index in [4.69, 9.17) is 10.5 Å². The predicted molar refractivity (Wildman–Crippen MR) is 97.5 cm³/mol. The van der Waals surface area contributed by atoms with Crippen molar-refractivity contribution >= 4 is 21.6 Å². The lowest BCUT2D eigenvalue weighted by molar-refractivity contribution is 0.100. The molecular formula is C18H22N2O4S. The number of sulfonamides is 1. The molecule has 0 spiro atoms. The maximum Gasteiger partial charge on any atom is 0.265 e. The summed E-state index contributed by atoms with van der Waals surface area (Å²) in [5, 5.41) is 0. The Morgan fingerprint density at radius 1 is 1.12 bits per heavy atom. The lowest BCUT2D eigenvalue weighted by Gasteiger charge is -2.21. The van der Waals surface area contributed by atoms with Crippen molar-refractivity contribution in [3.05, 3.63) is 53.6 Å². The van der Waals surface area contributed by atoms with Crippen molar-refractivity contribution in [2.45, 2.75) is 31.1 Å². The monoisotopic (exact) mass is 362 g/mol. The van der Waals surface area contributed by atoms with Crippen LogP contribution < -0.4 is 15.2 Å². The Morgan fingerprint density at radius 3 is 2.32 bits per heavy atom. The van der Waals surface area contributed by atoms with Crippen LogP contribution in [0, 0.1) is 0 Å². The van der Waals surface area contributed by atoms with Crippen LogP contribution in [0.5, 0.6) is 5.75 Å². The van der Waals surface area contributed by atoms with Gasteiger partial charge < -0.3 is 10.5 Å². The van der Waals surface area contributed by atoms with Crippen molar-refractivity contribution in [3.63, 3.8) is 0 Å². The molecule has 2 aromatic carbocycles. The number of primary amides is 1. The molecule has 1 amide bonds. The Hall–Kier alpha value is -2.54. The highest BCUT2D eigenvalue weighted by atomic mass is 32.2. The largest absolute Gasteiger partial charge is 0.495 e. The van der Waals surface area contributed by atoms with Gasteiger partial charge in [-0.25, -0.2) is 8.42 Å². The predicted octanol–water partition coefficient (Wildman–Crippen LogP) is 2.89. The van der Waals surface area contributed by atoms with Gasteiger partial charge in [0, 0.05) is 0 Å². The first-order chi connectivity index (χ1) is 11.6. The fraction of sp³-hybridized carbons (Fsp3) is 0.278. The molecule has 6 nitrogen and oxygen atoms in total. The molecule has 134 valence electrons. The SMILES string of the molecule is COc1ccc(C(C)(C)C)cc1S(=O)(=O)Nc1ccccc1C(N)=O. The highest BCUT2D eigenvalue weighted by Gasteiger charge is 2.24. The van der Waals surface area contributed by atoms with Crippen molar-refractivity contribution in [2.24, 2.45) is 5.73 Å². The second-order valence-electron chi connectivity index (χ2n) is 6.63. The number of hydrogen-bond acceptors (Lipinski definition) is 4. The molecule has 25 heavy (non-hydrogen) atoms. The number of carbonyl (C=O) groups excluding carboxylic acids is 1. The van der Waals surface area contributed by atoms with Gasteiger partial charge in [-0.1, -0.05) is 39.0 Å². The normalized spacial score (nSPS) is 11.8. The molecule has 3 N–H and O–H groups in total. The molecule has 7 heteroatoms. The summed E-state index contributed by atoms with van der Waals surface area (Å²) >= 11 is 0. The second-order valence-corrected chi connectivity index (χ2v) is 8.28. The molecule has 0 radical (unpaired) electrons. The molecular weight excluding hydrogens is 340 g/mol. The summed E-state index contributed by atoms with van der Waals surface area (Å²) in [4.78, 5) is 11.5. The Labute approximate surface area is 148 Å². The molecule has 0 aromatic heterocycles. The van der Waals surface area contributed by atoms with Crippen LogP contribution in [0.2, 0.25) is 0 Å². The first-order valence-electron chi connectivity index (χ1n) is 7.66. The van der Waals surface area contributed by atoms with Crippen molar-refractivity contribution < 1.29 is 17.9 Å². The van der Waals surface area contributed by atoms with Gasteiger partial charge in [-0.15, -0.1) is 0 Å². The van der Waals surface area contributed by atoms with E-state index in [-0.39, 0.29) is 27.3 Å². The number of ether oxygens (including phenoxy) is 1. The van der Waals surface area contributed by atoms with Gasteiger partial charge in [-0.2, -0.15) is 0 Å². The zero-order valence-corrected chi connectivity index (χ0v) is 15.5. The molecule has 0 saturated heterocycles. The summed E-state index contributed by atoms with van der Waals surface area (Å²) in [5.41, 5.74) is 6.14. The van der Waals surface area contributed by atoms with Crippen LogP contribution in [0.15, 0.2) is 47.4 Å². The van der Waals surface area contributed by atoms with E-state index in [2.05, 4.69) is 4.72 Å². The molecule has 0 aliphatic rings. The maximum absolute atomic E-state index is 12.9. The van der Waals surface area contributed by atoms with E-state index >= 15 is 0 Å². The Bertz CT molecular complexity index is 900. The van der Waals surface area contributed by atoms with Crippen molar-refractivity contribution in [1.82, 2.24) is 0 Å². The van der Waals surface area contributed by atoms with Crippen LogP contribution in [0.1, 0.15) is 36.7 Å². The molecule has 0 unspecified atom stereocenters. The van der Waals surface area contributed by atoms with E-state index < -0.39 is 15.9 Å². The minimum atomic E-state index is -3.98. The molecule has 0 heterocycles. The lowest BCUT2D eigenvalue weighted by Crippen LogP contribution is -2.20. The van der Waals surface area contributed by atoms with Crippen LogP contribution in [0.4, 0.5) is 5.69 Å². The minimum absolute atomic E-state index is 0.00157. The van der Waals surface area contributed by atoms with Gasteiger partial charge in [0.25, 0.3) is 15.9 Å². The number of hydrogen-bond donors (Lipinski definition) is 2. The molecule has 0 atom stereocenters. The minimum Gasteiger partial charge on any atom is -0.495 e. The van der Waals surface area contributed by atoms with E-state index in [1.807, 2.05) is 26.8 Å². The van der Waals surface area contributed by atoms with Gasteiger partial charge in [0.05, 0.1) is 18.4 Å². The van der Waals surface area contributed by atoms with Gasteiger partial charge in [0.2, 0.25) is 0 Å². The maximum atomic E-state index is 12.9. The average molecular weight is 362 g/mol. The van der Waals surface area contributed by atoms with E-state index in [9.17, 15) is 13.2 Å². The summed E-state index contributed by atoms with van der Waals surface area (Å²) in [6, 6.07) is 11.2. The number of para-hydroxylation sites is 1. The lowest BCUT2D eigenvalue weighted by atomic mass is 9.87. The highest BCUT2D eigenvalue weighted by Crippen LogP contribution is 2.32. The highest BCUT2D eigenvalue weighted by molar-refractivity contribution is 7.92. The molecule has 0 saturated carbocycles. The first kappa shape index (κ1) is 18.8. The van der Waals surface area contributed by atoms with E-state index in [1.165, 1.54) is 19.2 Å². The van der Waals surface area contributed by atoms with Crippen LogP contribution in [-0.2, 0) is 15.4 Å². The zero-order chi connectivity index (χ0) is 18.8. The van der Waals surface area contributed by atoms with Crippen molar-refractivity contribution in [2.75, 3.05) is 11.8 Å². The Balaban J connectivity index is 2.55. The van der Waals surface area contributed by atoms with Gasteiger partial charge in [-0.05, 0) is 35.2 Å². The average Bonchev–Trinajstić information content (AvgIpc) is 2.53. The van der Waals surface area contributed by atoms with Crippen LogP contribution in [0.3, 0.4) is 0 Å². The van der Waals surface area contributed by atoms with E-state index in [0.717, 1.165) is 5.56 Å². The summed E-state index contributed by atoms with van der Waals surface area (Å²) < 4.78 is 33.4. The van der Waals surface area contributed by atoms with Gasteiger partial charge in [0.1, 0.15) is 10.6 Å². The van der Waals surface area contributed by atoms with Gasteiger partial charge in [-0.3, -0.25) is 9.52 Å². The van der Waals surface area contributed by atoms with Crippen LogP contribution >= 0.6 is 0 Å². The van der Waals surface area contributed by atoms with Gasteiger partial charge in [0.15, 0.2) is 0 Å². The summed E-state index contributed by atoms with van der Waals surface area (Å²) in [6.45, 7) is 5.96. The fourth-order valence-corrected chi connectivity index (χ4v) is 3.62. The number of rotatable bonds is 5. The summed E-state index contributed by atoms with van der Waals surface area (Å²) in [6.07, 6.45) is 0. The van der Waals surface area contributed by atoms with Crippen LogP contribution in [-0.4, -0.2) is 21.4 Å². The topological polar surface area (TPSA) is 98.5 Å². The smallest absolute Gasteiger partial charge is 0.265 e. The number of benzene rings is 2. The quantitative estimate of drug-likeness (QED) is 0.854. The third-order valence-corrected chi connectivity index (χ3v) is 5.14. The standard InChI is InChI=1S/C18H22N2O4S/c1-18(2,3)12-9-10-15(24-4)16(11-12)25(22,23)20-14-8-6-5-7-13(14)17(19)21/h5-11,20H,1-4H3,(H2,19,21). The first-order valence-corrected chi connectivity index (χ1v) is 9.15. The third kappa shape index (κ3) is 4.11. The molecule has 0 aliphatic heterocycles. The Morgan fingerprint density at radius 2 is 1.76 bits per heavy atom. The third-order valence-electron chi connectivity index (χ3n) is 3.76. The van der Waals surface area contributed by atoms with Crippen molar-refractivity contribution in [1.29, 1.82) is 0 Å². The molecule has 2 aromatic rings. The Kier molecular flexibility index (Phi) is 5.08. The second kappa shape index (κ2) is 6.76. The summed E-state index contributed by atoms with van der Waals surface area (Å²) in [5.74, 6) is -0.495. The number of nitrogens with one attached hydrogen (secondary N) is 1. The molecule has 0 fully saturated rings. The van der Waals surface area contributed by atoms with Gasteiger partial charge >= 0.3 is 0 Å². The number of anilines is 1. The van der Waals surface area contributed by atoms with E-state index in [1.54, 1.807) is 24.3 Å². The number of nitrogens with two attached hydrogens (primary N) is 1. The van der Waals surface area contributed by atoms with Crippen molar-refractivity contribution in [3.8, 4) is 5.75 Å². The zero-order valence-electron chi connectivity index (χ0n) is 14.7.